The number of hydrogen-bond donors (Lipinski definition) is 1. The van der Waals surface area contributed by atoms with E-state index in [-0.39, 0.29) is 11.9 Å². The Kier molecular flexibility index (Phi) is 5.03. The van der Waals surface area contributed by atoms with Crippen LogP contribution >= 0.6 is 23.2 Å². The molecule has 0 saturated carbocycles. The molecule has 20 heavy (non-hydrogen) atoms. The predicted molar refractivity (Wildman–Crippen MR) is 83.9 cm³/mol. The van der Waals surface area contributed by atoms with Crippen molar-refractivity contribution in [2.24, 2.45) is 0 Å². The van der Waals surface area contributed by atoms with E-state index in [9.17, 15) is 4.39 Å². The Balaban J connectivity index is 2.50. The molecule has 1 N–H and O–H groups in total. The second-order valence-electron chi connectivity index (χ2n) is 4.62. The van der Waals surface area contributed by atoms with Crippen molar-refractivity contribution in [3.63, 3.8) is 0 Å². The fraction of sp³-hybridized carbons (Fsp3) is 0.250. The summed E-state index contributed by atoms with van der Waals surface area (Å²) in [6.07, 6.45) is 0. The lowest BCUT2D eigenvalue weighted by Gasteiger charge is -2.15. The molecule has 106 valence electrons. The summed E-state index contributed by atoms with van der Waals surface area (Å²) in [7, 11) is 0. The van der Waals surface area contributed by atoms with Crippen LogP contribution in [0.5, 0.6) is 0 Å². The molecule has 1 atom stereocenters. The van der Waals surface area contributed by atoms with Gasteiger partial charge in [0.1, 0.15) is 5.82 Å². The molecule has 0 aliphatic rings. The van der Waals surface area contributed by atoms with Gasteiger partial charge in [0.05, 0.1) is 10.0 Å². The monoisotopic (exact) mass is 311 g/mol. The Hall–Kier alpha value is -1.09. The van der Waals surface area contributed by atoms with Gasteiger partial charge in [-0.25, -0.2) is 4.39 Å². The van der Waals surface area contributed by atoms with Crippen LogP contribution in [0.4, 0.5) is 4.39 Å². The van der Waals surface area contributed by atoms with Crippen LogP contribution in [-0.2, 0) is 0 Å². The third-order valence-corrected chi connectivity index (χ3v) is 4.06. The molecule has 2 aromatic carbocycles. The van der Waals surface area contributed by atoms with E-state index in [1.807, 2.05) is 19.9 Å². The second-order valence-corrected chi connectivity index (χ2v) is 5.41. The van der Waals surface area contributed by atoms with Crippen molar-refractivity contribution in [1.29, 1.82) is 0 Å². The summed E-state index contributed by atoms with van der Waals surface area (Å²) < 4.78 is 14.1. The first-order chi connectivity index (χ1) is 9.54. The van der Waals surface area contributed by atoms with Gasteiger partial charge in [0.25, 0.3) is 0 Å². The molecule has 0 aliphatic heterocycles. The second kappa shape index (κ2) is 6.57. The van der Waals surface area contributed by atoms with E-state index in [2.05, 4.69) is 5.32 Å². The van der Waals surface area contributed by atoms with Crippen molar-refractivity contribution >= 4 is 23.2 Å². The van der Waals surface area contributed by atoms with Crippen LogP contribution in [-0.4, -0.2) is 6.54 Å². The third kappa shape index (κ3) is 3.14. The normalized spacial score (nSPS) is 12.4. The zero-order chi connectivity index (χ0) is 14.7. The summed E-state index contributed by atoms with van der Waals surface area (Å²) >= 11 is 12.2. The van der Waals surface area contributed by atoms with E-state index >= 15 is 0 Å². The highest BCUT2D eigenvalue weighted by Crippen LogP contribution is 2.35. The smallest absolute Gasteiger partial charge is 0.131 e. The molecule has 0 fully saturated rings. The Labute approximate surface area is 128 Å². The van der Waals surface area contributed by atoms with Crippen molar-refractivity contribution < 1.29 is 4.39 Å². The minimum absolute atomic E-state index is 0.150. The maximum Gasteiger partial charge on any atom is 0.131 e. The SMILES string of the molecule is CCNC(C)c1ccc(F)c(-c2cccc(Cl)c2Cl)c1. The summed E-state index contributed by atoms with van der Waals surface area (Å²) in [6.45, 7) is 4.93. The van der Waals surface area contributed by atoms with Crippen LogP contribution in [0.3, 0.4) is 0 Å². The van der Waals surface area contributed by atoms with Gasteiger partial charge in [-0.15, -0.1) is 0 Å². The summed E-state index contributed by atoms with van der Waals surface area (Å²) in [5, 5.41) is 4.11. The van der Waals surface area contributed by atoms with E-state index in [1.165, 1.54) is 6.07 Å². The highest BCUT2D eigenvalue weighted by molar-refractivity contribution is 6.43. The van der Waals surface area contributed by atoms with Crippen molar-refractivity contribution in [2.75, 3.05) is 6.54 Å². The molecule has 1 nitrogen and oxygen atoms in total. The molecule has 1 unspecified atom stereocenters. The van der Waals surface area contributed by atoms with Gasteiger partial charge in [-0.2, -0.15) is 0 Å². The minimum atomic E-state index is -0.304. The molecule has 0 amide bonds. The number of rotatable bonds is 4. The topological polar surface area (TPSA) is 12.0 Å². The zero-order valence-electron chi connectivity index (χ0n) is 11.4. The summed E-state index contributed by atoms with van der Waals surface area (Å²) in [5.74, 6) is -0.304. The highest BCUT2D eigenvalue weighted by Gasteiger charge is 2.13. The number of nitrogens with one attached hydrogen (secondary N) is 1. The lowest BCUT2D eigenvalue weighted by atomic mass is 9.99. The summed E-state index contributed by atoms with van der Waals surface area (Å²) in [5.41, 5.74) is 2.10. The molecule has 0 saturated heterocycles. The first kappa shape index (κ1) is 15.3. The molecular weight excluding hydrogens is 296 g/mol. The van der Waals surface area contributed by atoms with Gasteiger partial charge in [0.2, 0.25) is 0 Å². The molecule has 0 bridgehead atoms. The lowest BCUT2D eigenvalue weighted by molar-refractivity contribution is 0.593. The maximum absolute atomic E-state index is 14.1. The van der Waals surface area contributed by atoms with Gasteiger partial charge in [0, 0.05) is 17.2 Å². The Morgan fingerprint density at radius 2 is 1.90 bits per heavy atom. The fourth-order valence-electron chi connectivity index (χ4n) is 2.15. The van der Waals surface area contributed by atoms with Crippen LogP contribution in [0.15, 0.2) is 36.4 Å². The number of hydrogen-bond acceptors (Lipinski definition) is 1. The van der Waals surface area contributed by atoms with Gasteiger partial charge in [0.15, 0.2) is 0 Å². The predicted octanol–water partition coefficient (Wildman–Crippen LogP) is 5.47. The van der Waals surface area contributed by atoms with E-state index in [4.69, 9.17) is 23.2 Å². The highest BCUT2D eigenvalue weighted by atomic mass is 35.5. The van der Waals surface area contributed by atoms with Gasteiger partial charge in [-0.1, -0.05) is 48.3 Å². The van der Waals surface area contributed by atoms with E-state index in [0.29, 0.717) is 21.2 Å². The lowest BCUT2D eigenvalue weighted by Crippen LogP contribution is -2.17. The van der Waals surface area contributed by atoms with E-state index in [0.717, 1.165) is 12.1 Å². The molecule has 0 heterocycles. The largest absolute Gasteiger partial charge is 0.310 e. The average Bonchev–Trinajstić information content (AvgIpc) is 2.43. The molecule has 0 radical (unpaired) electrons. The standard InChI is InChI=1S/C16H16Cl2FN/c1-3-20-10(2)11-7-8-15(19)13(9-11)12-5-4-6-14(17)16(12)18/h4-10,20H,3H2,1-2H3. The summed E-state index contributed by atoms with van der Waals surface area (Å²) in [4.78, 5) is 0. The van der Waals surface area contributed by atoms with Crippen molar-refractivity contribution in [3.05, 3.63) is 57.8 Å². The van der Waals surface area contributed by atoms with E-state index in [1.54, 1.807) is 24.3 Å². The maximum atomic E-state index is 14.1. The number of benzene rings is 2. The molecule has 2 rings (SSSR count). The minimum Gasteiger partial charge on any atom is -0.310 e. The van der Waals surface area contributed by atoms with Crippen LogP contribution in [0.1, 0.15) is 25.5 Å². The average molecular weight is 312 g/mol. The molecule has 0 aromatic heterocycles. The zero-order valence-corrected chi connectivity index (χ0v) is 12.9. The third-order valence-electron chi connectivity index (χ3n) is 3.24. The van der Waals surface area contributed by atoms with Crippen molar-refractivity contribution in [2.45, 2.75) is 19.9 Å². The van der Waals surface area contributed by atoms with E-state index < -0.39 is 0 Å². The molecule has 0 spiro atoms. The van der Waals surface area contributed by atoms with Crippen LogP contribution < -0.4 is 5.32 Å². The van der Waals surface area contributed by atoms with Gasteiger partial charge in [-0.3, -0.25) is 0 Å². The van der Waals surface area contributed by atoms with Gasteiger partial charge < -0.3 is 5.32 Å². The molecule has 4 heteroatoms. The first-order valence-electron chi connectivity index (χ1n) is 6.51. The first-order valence-corrected chi connectivity index (χ1v) is 7.27. The fourth-order valence-corrected chi connectivity index (χ4v) is 2.56. The van der Waals surface area contributed by atoms with Gasteiger partial charge in [-0.05, 0) is 37.2 Å². The Bertz CT molecular complexity index is 613. The Morgan fingerprint density at radius 3 is 2.60 bits per heavy atom. The molecule has 0 aliphatic carbocycles. The molecular formula is C16H16Cl2FN. The van der Waals surface area contributed by atoms with Crippen LogP contribution in [0, 0.1) is 5.82 Å². The summed E-state index contributed by atoms with van der Waals surface area (Å²) in [6, 6.07) is 10.5. The number of halogens is 3. The molecule has 2 aromatic rings. The Morgan fingerprint density at radius 1 is 1.15 bits per heavy atom. The van der Waals surface area contributed by atoms with Gasteiger partial charge >= 0.3 is 0 Å². The van der Waals surface area contributed by atoms with Crippen molar-refractivity contribution in [3.8, 4) is 11.1 Å². The quantitative estimate of drug-likeness (QED) is 0.789. The van der Waals surface area contributed by atoms with Crippen LogP contribution in [0.2, 0.25) is 10.0 Å². The van der Waals surface area contributed by atoms with Crippen LogP contribution in [0.25, 0.3) is 11.1 Å². The van der Waals surface area contributed by atoms with Crippen molar-refractivity contribution in [1.82, 2.24) is 5.32 Å².